The lowest BCUT2D eigenvalue weighted by molar-refractivity contribution is -0.114. The summed E-state index contributed by atoms with van der Waals surface area (Å²) in [7, 11) is 0. The molecular formula is C14H15ClFNO2. The van der Waals surface area contributed by atoms with Crippen LogP contribution in [0.4, 0.5) is 10.1 Å². The zero-order valence-corrected chi connectivity index (χ0v) is 11.5. The first-order chi connectivity index (χ1) is 9.06. The Kier molecular flexibility index (Phi) is 4.20. The highest BCUT2D eigenvalue weighted by atomic mass is 35.5. The number of fused-ring (bicyclic) bond motifs is 1. The molecule has 1 heterocycles. The van der Waals surface area contributed by atoms with E-state index in [9.17, 15) is 14.0 Å². The van der Waals surface area contributed by atoms with Gasteiger partial charge in [-0.2, -0.15) is 0 Å². The van der Waals surface area contributed by atoms with Crippen molar-refractivity contribution in [3.8, 4) is 0 Å². The summed E-state index contributed by atoms with van der Waals surface area (Å²) in [5.74, 6) is -1.19. The van der Waals surface area contributed by atoms with Gasteiger partial charge in [-0.3, -0.25) is 9.59 Å². The quantitative estimate of drug-likeness (QED) is 0.473. The molecule has 3 nitrogen and oxygen atoms in total. The van der Waals surface area contributed by atoms with Crippen LogP contribution in [0.1, 0.15) is 35.2 Å². The molecule has 1 aliphatic heterocycles. The topological polar surface area (TPSA) is 37.4 Å². The molecule has 19 heavy (non-hydrogen) atoms. The van der Waals surface area contributed by atoms with E-state index < -0.39 is 17.5 Å². The van der Waals surface area contributed by atoms with Crippen molar-refractivity contribution in [2.45, 2.75) is 26.2 Å². The number of benzene rings is 1. The lowest BCUT2D eigenvalue weighted by Crippen LogP contribution is -2.31. The lowest BCUT2D eigenvalue weighted by Gasteiger charge is -2.17. The monoisotopic (exact) mass is 283 g/mol. The summed E-state index contributed by atoms with van der Waals surface area (Å²) < 4.78 is 14.0. The SMILES string of the molecule is Cc1cc(F)c2c(c1)C(=O)C(=O)N2CCCCCCl. The predicted molar refractivity (Wildman–Crippen MR) is 72.4 cm³/mol. The minimum Gasteiger partial charge on any atom is -0.302 e. The Morgan fingerprint density at radius 1 is 1.21 bits per heavy atom. The third-order valence-electron chi connectivity index (χ3n) is 3.18. The molecule has 0 N–H and O–H groups in total. The van der Waals surface area contributed by atoms with Gasteiger partial charge in [-0.25, -0.2) is 4.39 Å². The molecular weight excluding hydrogens is 269 g/mol. The summed E-state index contributed by atoms with van der Waals surface area (Å²) >= 11 is 5.58. The van der Waals surface area contributed by atoms with Crippen LogP contribution in [0.2, 0.25) is 0 Å². The number of carbonyl (C=O) groups is 2. The van der Waals surface area contributed by atoms with Gasteiger partial charge in [0, 0.05) is 12.4 Å². The highest BCUT2D eigenvalue weighted by Crippen LogP contribution is 2.33. The van der Waals surface area contributed by atoms with Crippen LogP contribution in [0.3, 0.4) is 0 Å². The fourth-order valence-electron chi connectivity index (χ4n) is 2.28. The Morgan fingerprint density at radius 3 is 2.63 bits per heavy atom. The second kappa shape index (κ2) is 5.70. The van der Waals surface area contributed by atoms with Crippen LogP contribution in [0, 0.1) is 12.7 Å². The Hall–Kier alpha value is -1.42. The summed E-state index contributed by atoms with van der Waals surface area (Å²) in [5.41, 5.74) is 0.952. The standard InChI is InChI=1S/C14H15ClFNO2/c1-9-7-10-12(11(16)8-9)17(14(19)13(10)18)6-4-2-3-5-15/h7-8H,2-6H2,1H3. The number of Topliss-reactive ketones (excluding diaryl/α,β-unsaturated/α-hetero) is 1. The van der Waals surface area contributed by atoms with Crippen molar-refractivity contribution in [2.75, 3.05) is 17.3 Å². The van der Waals surface area contributed by atoms with E-state index in [1.165, 1.54) is 11.0 Å². The van der Waals surface area contributed by atoms with E-state index in [0.29, 0.717) is 24.4 Å². The maximum absolute atomic E-state index is 14.0. The third kappa shape index (κ3) is 2.63. The van der Waals surface area contributed by atoms with Gasteiger partial charge in [0.15, 0.2) is 0 Å². The van der Waals surface area contributed by atoms with Gasteiger partial charge in [0.25, 0.3) is 11.7 Å². The number of hydrogen-bond acceptors (Lipinski definition) is 2. The number of hydrogen-bond donors (Lipinski definition) is 0. The van der Waals surface area contributed by atoms with Crippen LogP contribution in [0.5, 0.6) is 0 Å². The number of carbonyl (C=O) groups excluding carboxylic acids is 2. The van der Waals surface area contributed by atoms with Gasteiger partial charge in [0.1, 0.15) is 5.82 Å². The van der Waals surface area contributed by atoms with E-state index in [0.717, 1.165) is 12.8 Å². The van der Waals surface area contributed by atoms with Crippen molar-refractivity contribution < 1.29 is 14.0 Å². The first kappa shape index (κ1) is 14.0. The summed E-state index contributed by atoms with van der Waals surface area (Å²) in [5, 5.41) is 0. The van der Waals surface area contributed by atoms with Crippen molar-refractivity contribution in [2.24, 2.45) is 0 Å². The largest absolute Gasteiger partial charge is 0.302 e. The summed E-state index contributed by atoms with van der Waals surface area (Å²) in [6.45, 7) is 2.05. The smallest absolute Gasteiger partial charge is 0.299 e. The van der Waals surface area contributed by atoms with E-state index in [1.807, 2.05) is 0 Å². The number of nitrogens with zero attached hydrogens (tertiary/aromatic N) is 1. The van der Waals surface area contributed by atoms with Crippen LogP contribution in [0.15, 0.2) is 12.1 Å². The number of alkyl halides is 1. The van der Waals surface area contributed by atoms with Gasteiger partial charge in [0.05, 0.1) is 11.3 Å². The van der Waals surface area contributed by atoms with Crippen molar-refractivity contribution in [1.29, 1.82) is 0 Å². The fourth-order valence-corrected chi connectivity index (χ4v) is 2.46. The molecule has 0 aliphatic carbocycles. The average molecular weight is 284 g/mol. The number of unbranched alkanes of at least 4 members (excludes halogenated alkanes) is 2. The second-order valence-corrected chi connectivity index (χ2v) is 5.06. The highest BCUT2D eigenvalue weighted by Gasteiger charge is 2.37. The zero-order valence-electron chi connectivity index (χ0n) is 10.7. The maximum atomic E-state index is 14.0. The molecule has 0 saturated carbocycles. The summed E-state index contributed by atoms with van der Waals surface area (Å²) in [6, 6.07) is 2.91. The molecule has 0 atom stereocenters. The molecule has 0 radical (unpaired) electrons. The molecule has 0 aromatic heterocycles. The van der Waals surface area contributed by atoms with Gasteiger partial charge in [-0.15, -0.1) is 11.6 Å². The fraction of sp³-hybridized carbons (Fsp3) is 0.429. The van der Waals surface area contributed by atoms with E-state index in [-0.39, 0.29) is 11.3 Å². The predicted octanol–water partition coefficient (Wildman–Crippen LogP) is 3.07. The third-order valence-corrected chi connectivity index (χ3v) is 3.44. The minimum atomic E-state index is -0.634. The number of amides is 1. The molecule has 0 spiro atoms. The van der Waals surface area contributed by atoms with Gasteiger partial charge < -0.3 is 4.90 Å². The van der Waals surface area contributed by atoms with Crippen molar-refractivity contribution >= 4 is 29.0 Å². The van der Waals surface area contributed by atoms with Crippen LogP contribution in [-0.2, 0) is 4.79 Å². The Labute approximate surface area is 116 Å². The summed E-state index contributed by atoms with van der Waals surface area (Å²) in [6.07, 6.45) is 2.41. The second-order valence-electron chi connectivity index (χ2n) is 4.68. The highest BCUT2D eigenvalue weighted by molar-refractivity contribution is 6.52. The summed E-state index contributed by atoms with van der Waals surface area (Å²) in [4.78, 5) is 24.9. The Balaban J connectivity index is 2.23. The van der Waals surface area contributed by atoms with E-state index in [2.05, 4.69) is 0 Å². The Bertz CT molecular complexity index is 530. The van der Waals surface area contributed by atoms with Gasteiger partial charge in [-0.1, -0.05) is 6.42 Å². The zero-order chi connectivity index (χ0) is 14.0. The van der Waals surface area contributed by atoms with Crippen molar-refractivity contribution in [1.82, 2.24) is 0 Å². The number of anilines is 1. The van der Waals surface area contributed by atoms with Crippen LogP contribution in [0.25, 0.3) is 0 Å². The normalized spacial score (nSPS) is 14.2. The Morgan fingerprint density at radius 2 is 1.95 bits per heavy atom. The molecule has 1 aromatic rings. The number of rotatable bonds is 5. The number of halogens is 2. The van der Waals surface area contributed by atoms with E-state index in [4.69, 9.17) is 11.6 Å². The molecule has 0 bridgehead atoms. The van der Waals surface area contributed by atoms with Crippen LogP contribution in [-0.4, -0.2) is 24.1 Å². The van der Waals surface area contributed by atoms with Gasteiger partial charge in [-0.05, 0) is 37.5 Å². The molecule has 5 heteroatoms. The van der Waals surface area contributed by atoms with E-state index in [1.54, 1.807) is 13.0 Å². The molecule has 0 saturated heterocycles. The minimum absolute atomic E-state index is 0.131. The van der Waals surface area contributed by atoms with Gasteiger partial charge >= 0.3 is 0 Å². The molecule has 1 aromatic carbocycles. The van der Waals surface area contributed by atoms with Gasteiger partial charge in [0.2, 0.25) is 0 Å². The molecule has 0 fully saturated rings. The molecule has 102 valence electrons. The maximum Gasteiger partial charge on any atom is 0.299 e. The molecule has 2 rings (SSSR count). The lowest BCUT2D eigenvalue weighted by atomic mass is 10.1. The van der Waals surface area contributed by atoms with Crippen LogP contribution < -0.4 is 4.90 Å². The van der Waals surface area contributed by atoms with Crippen LogP contribution >= 0.6 is 11.6 Å². The average Bonchev–Trinajstić information content (AvgIpc) is 2.60. The first-order valence-electron chi connectivity index (χ1n) is 6.28. The van der Waals surface area contributed by atoms with Crippen molar-refractivity contribution in [3.63, 3.8) is 0 Å². The first-order valence-corrected chi connectivity index (χ1v) is 6.82. The number of ketones is 1. The van der Waals surface area contributed by atoms with Crippen molar-refractivity contribution in [3.05, 3.63) is 29.1 Å². The molecule has 0 unspecified atom stereocenters. The number of aryl methyl sites for hydroxylation is 1. The molecule has 1 amide bonds. The molecule has 1 aliphatic rings. The van der Waals surface area contributed by atoms with E-state index >= 15 is 0 Å².